The zero-order chi connectivity index (χ0) is 20.9. The Kier molecular flexibility index (Phi) is 4.19. The van der Waals surface area contributed by atoms with Crippen LogP contribution in [0.15, 0.2) is 35.1 Å². The standard InChI is InChI=1S/C21H23N7O2/c1-12-26-20(30-27-12)13-9-28(10-13)18-8-17(24-11-25-18)19(23)15-7-14(3-4-16(15)22)29-21(2)5-6-21/h3-4,7-8,11,13,23H,5-6,9-10,22H2,1-2H3. The van der Waals surface area contributed by atoms with Gasteiger partial charge >= 0.3 is 0 Å². The van der Waals surface area contributed by atoms with Gasteiger partial charge in [-0.2, -0.15) is 4.98 Å². The van der Waals surface area contributed by atoms with E-state index >= 15 is 0 Å². The van der Waals surface area contributed by atoms with Crippen molar-refractivity contribution in [2.24, 2.45) is 0 Å². The largest absolute Gasteiger partial charge is 0.488 e. The average molecular weight is 405 g/mol. The van der Waals surface area contributed by atoms with Gasteiger partial charge in [-0.15, -0.1) is 0 Å². The molecule has 3 aromatic rings. The maximum Gasteiger partial charge on any atom is 0.233 e. The second-order valence-corrected chi connectivity index (χ2v) is 8.22. The Morgan fingerprint density at radius 1 is 1.27 bits per heavy atom. The van der Waals surface area contributed by atoms with Crippen LogP contribution in [-0.2, 0) is 0 Å². The third kappa shape index (κ3) is 3.47. The minimum atomic E-state index is -0.0946. The van der Waals surface area contributed by atoms with Crippen LogP contribution in [-0.4, -0.2) is 44.5 Å². The molecule has 1 aliphatic carbocycles. The molecule has 0 amide bonds. The first-order valence-electron chi connectivity index (χ1n) is 9.95. The number of nitrogen functional groups attached to an aromatic ring is 1. The lowest BCUT2D eigenvalue weighted by Gasteiger charge is -2.38. The number of rotatable bonds is 6. The Morgan fingerprint density at radius 3 is 2.77 bits per heavy atom. The van der Waals surface area contributed by atoms with Crippen molar-refractivity contribution >= 4 is 17.2 Å². The molecule has 2 aliphatic rings. The van der Waals surface area contributed by atoms with E-state index in [1.807, 2.05) is 25.1 Å². The van der Waals surface area contributed by atoms with Crippen LogP contribution < -0.4 is 15.4 Å². The highest BCUT2D eigenvalue weighted by atomic mass is 16.5. The third-order valence-electron chi connectivity index (χ3n) is 5.62. The van der Waals surface area contributed by atoms with Crippen LogP contribution in [0.5, 0.6) is 5.75 Å². The molecule has 5 rings (SSSR count). The van der Waals surface area contributed by atoms with Gasteiger partial charge in [0, 0.05) is 30.4 Å². The smallest absolute Gasteiger partial charge is 0.233 e. The van der Waals surface area contributed by atoms with E-state index in [1.54, 1.807) is 6.07 Å². The summed E-state index contributed by atoms with van der Waals surface area (Å²) in [6.07, 6.45) is 3.56. The normalized spacial score (nSPS) is 17.5. The fraction of sp³-hybridized carbons (Fsp3) is 0.381. The second-order valence-electron chi connectivity index (χ2n) is 8.22. The van der Waals surface area contributed by atoms with Crippen molar-refractivity contribution in [1.29, 1.82) is 5.41 Å². The maximum absolute atomic E-state index is 8.67. The molecule has 0 spiro atoms. The molecule has 1 aliphatic heterocycles. The second kappa shape index (κ2) is 6.79. The molecule has 0 bridgehead atoms. The molecular weight excluding hydrogens is 382 g/mol. The molecule has 1 saturated carbocycles. The van der Waals surface area contributed by atoms with Gasteiger partial charge in [-0.05, 0) is 44.9 Å². The molecule has 9 nitrogen and oxygen atoms in total. The van der Waals surface area contributed by atoms with E-state index in [0.717, 1.165) is 37.5 Å². The molecule has 154 valence electrons. The van der Waals surface area contributed by atoms with Gasteiger partial charge in [-0.25, -0.2) is 9.97 Å². The molecular formula is C21H23N7O2. The predicted molar refractivity (Wildman–Crippen MR) is 111 cm³/mol. The molecule has 9 heteroatoms. The zero-order valence-corrected chi connectivity index (χ0v) is 16.9. The van der Waals surface area contributed by atoms with E-state index in [4.69, 9.17) is 20.4 Å². The highest BCUT2D eigenvalue weighted by Gasteiger charge is 2.40. The Hall–Kier alpha value is -3.49. The van der Waals surface area contributed by atoms with Crippen LogP contribution in [0.1, 0.15) is 48.7 Å². The van der Waals surface area contributed by atoms with Gasteiger partial charge in [0.1, 0.15) is 23.5 Å². The molecule has 1 saturated heterocycles. The van der Waals surface area contributed by atoms with Gasteiger partial charge in [-0.3, -0.25) is 5.41 Å². The summed E-state index contributed by atoms with van der Waals surface area (Å²) in [7, 11) is 0. The number of anilines is 2. The number of aromatic nitrogens is 4. The molecule has 0 atom stereocenters. The minimum Gasteiger partial charge on any atom is -0.488 e. The van der Waals surface area contributed by atoms with E-state index in [2.05, 4.69) is 31.9 Å². The highest BCUT2D eigenvalue weighted by molar-refractivity contribution is 6.13. The van der Waals surface area contributed by atoms with Gasteiger partial charge in [0.05, 0.1) is 17.3 Å². The maximum atomic E-state index is 8.67. The Balaban J connectivity index is 1.33. The highest BCUT2D eigenvalue weighted by Crippen LogP contribution is 2.40. The molecule has 3 heterocycles. The quantitative estimate of drug-likeness (QED) is 0.473. The summed E-state index contributed by atoms with van der Waals surface area (Å²) in [5, 5.41) is 12.5. The summed E-state index contributed by atoms with van der Waals surface area (Å²) in [6.45, 7) is 5.36. The van der Waals surface area contributed by atoms with E-state index in [1.165, 1.54) is 6.33 Å². The summed E-state index contributed by atoms with van der Waals surface area (Å²) in [5.41, 5.74) is 7.93. The van der Waals surface area contributed by atoms with Crippen molar-refractivity contribution < 1.29 is 9.26 Å². The van der Waals surface area contributed by atoms with Crippen molar-refractivity contribution in [2.75, 3.05) is 23.7 Å². The van der Waals surface area contributed by atoms with Crippen molar-refractivity contribution in [3.8, 4) is 5.75 Å². The van der Waals surface area contributed by atoms with Crippen LogP contribution in [0.3, 0.4) is 0 Å². The van der Waals surface area contributed by atoms with Crippen LogP contribution in [0.4, 0.5) is 11.5 Å². The zero-order valence-electron chi connectivity index (χ0n) is 16.9. The molecule has 2 fully saturated rings. The molecule has 3 N–H and O–H groups in total. The van der Waals surface area contributed by atoms with E-state index in [9.17, 15) is 0 Å². The van der Waals surface area contributed by atoms with Gasteiger partial charge in [0.2, 0.25) is 5.89 Å². The fourth-order valence-electron chi connectivity index (χ4n) is 3.47. The van der Waals surface area contributed by atoms with Crippen molar-refractivity contribution in [3.05, 3.63) is 53.6 Å². The number of nitrogens with zero attached hydrogens (tertiary/aromatic N) is 5. The van der Waals surface area contributed by atoms with Gasteiger partial charge in [-0.1, -0.05) is 5.16 Å². The predicted octanol–water partition coefficient (Wildman–Crippen LogP) is 2.70. The molecule has 30 heavy (non-hydrogen) atoms. The van der Waals surface area contributed by atoms with Gasteiger partial charge < -0.3 is 19.9 Å². The summed E-state index contributed by atoms with van der Waals surface area (Å²) in [5.74, 6) is 2.96. The lowest BCUT2D eigenvalue weighted by molar-refractivity contribution is 0.200. The number of nitrogens with two attached hydrogens (primary N) is 1. The third-order valence-corrected chi connectivity index (χ3v) is 5.62. The van der Waals surface area contributed by atoms with Crippen LogP contribution in [0, 0.1) is 12.3 Å². The number of nitrogens with one attached hydrogen (secondary N) is 1. The van der Waals surface area contributed by atoms with E-state index in [-0.39, 0.29) is 17.2 Å². The van der Waals surface area contributed by atoms with Crippen molar-refractivity contribution in [1.82, 2.24) is 20.1 Å². The number of aryl methyl sites for hydroxylation is 1. The average Bonchev–Trinajstić information content (AvgIpc) is 3.27. The molecule has 2 aromatic heterocycles. The lowest BCUT2D eigenvalue weighted by Crippen LogP contribution is -2.45. The van der Waals surface area contributed by atoms with E-state index < -0.39 is 0 Å². The Labute approximate surface area is 173 Å². The fourth-order valence-corrected chi connectivity index (χ4v) is 3.47. The van der Waals surface area contributed by atoms with Crippen LogP contribution in [0.2, 0.25) is 0 Å². The first-order chi connectivity index (χ1) is 14.4. The first-order valence-corrected chi connectivity index (χ1v) is 9.95. The number of ether oxygens (including phenoxy) is 1. The van der Waals surface area contributed by atoms with Crippen molar-refractivity contribution in [3.63, 3.8) is 0 Å². The monoisotopic (exact) mass is 405 g/mol. The Morgan fingerprint density at radius 2 is 2.07 bits per heavy atom. The lowest BCUT2D eigenvalue weighted by atomic mass is 9.99. The summed E-state index contributed by atoms with van der Waals surface area (Å²) in [4.78, 5) is 15.1. The topological polar surface area (TPSA) is 127 Å². The van der Waals surface area contributed by atoms with Crippen molar-refractivity contribution in [2.45, 2.75) is 38.2 Å². The van der Waals surface area contributed by atoms with Crippen LogP contribution >= 0.6 is 0 Å². The van der Waals surface area contributed by atoms with E-state index in [0.29, 0.717) is 28.7 Å². The number of hydrogen-bond donors (Lipinski definition) is 2. The van der Waals surface area contributed by atoms with Crippen LogP contribution in [0.25, 0.3) is 0 Å². The minimum absolute atomic E-state index is 0.0946. The molecule has 1 aromatic carbocycles. The number of benzene rings is 1. The first kappa shape index (κ1) is 18.5. The molecule has 0 radical (unpaired) electrons. The SMILES string of the molecule is Cc1noc(C2CN(c3cc(C(=N)c4cc(OC5(C)CC5)ccc4N)ncn3)C2)n1. The summed E-state index contributed by atoms with van der Waals surface area (Å²) >= 11 is 0. The van der Waals surface area contributed by atoms with Gasteiger partial charge in [0.25, 0.3) is 0 Å². The molecule has 0 unspecified atom stereocenters. The summed E-state index contributed by atoms with van der Waals surface area (Å²) < 4.78 is 11.3. The Bertz CT molecular complexity index is 1120. The number of hydrogen-bond acceptors (Lipinski definition) is 9. The summed E-state index contributed by atoms with van der Waals surface area (Å²) in [6, 6.07) is 7.26. The van der Waals surface area contributed by atoms with Gasteiger partial charge in [0.15, 0.2) is 5.82 Å².